The van der Waals surface area contributed by atoms with Crippen molar-refractivity contribution in [3.8, 4) is 0 Å². The molecule has 80 valence electrons. The van der Waals surface area contributed by atoms with Gasteiger partial charge in [0.15, 0.2) is 0 Å². The first-order chi connectivity index (χ1) is 7.15. The summed E-state index contributed by atoms with van der Waals surface area (Å²) in [5.41, 5.74) is 2.36. The van der Waals surface area contributed by atoms with E-state index in [9.17, 15) is 4.79 Å². The van der Waals surface area contributed by atoms with Crippen molar-refractivity contribution in [2.45, 2.75) is 26.8 Å². The van der Waals surface area contributed by atoms with Crippen LogP contribution in [-0.2, 0) is 4.79 Å². The molecular weight excluding hydrogens is 186 g/mol. The van der Waals surface area contributed by atoms with E-state index in [0.717, 1.165) is 5.56 Å². The van der Waals surface area contributed by atoms with Gasteiger partial charge in [0.25, 0.3) is 0 Å². The van der Waals surface area contributed by atoms with Crippen LogP contribution in [0.1, 0.15) is 31.0 Å². The number of allylic oxidation sites excluding steroid dienone is 1. The number of rotatable bonds is 3. The van der Waals surface area contributed by atoms with E-state index in [1.165, 1.54) is 11.6 Å². The van der Waals surface area contributed by atoms with E-state index < -0.39 is 0 Å². The summed E-state index contributed by atoms with van der Waals surface area (Å²) in [7, 11) is 0. The highest BCUT2D eigenvalue weighted by Gasteiger charge is 2.08. The van der Waals surface area contributed by atoms with E-state index in [1.54, 1.807) is 6.08 Å². The molecule has 1 aromatic carbocycles. The van der Waals surface area contributed by atoms with Crippen molar-refractivity contribution in [3.63, 3.8) is 0 Å². The Hall–Kier alpha value is -1.57. The molecule has 0 saturated carbocycles. The van der Waals surface area contributed by atoms with Gasteiger partial charge in [-0.1, -0.05) is 30.3 Å². The third kappa shape index (κ3) is 3.24. The lowest BCUT2D eigenvalue weighted by atomic mass is 10.0. The second-order valence-electron chi connectivity index (χ2n) is 3.59. The molecule has 1 N–H and O–H groups in total. The molecule has 0 unspecified atom stereocenters. The molecule has 0 aliphatic rings. The molecule has 0 spiro atoms. The minimum Gasteiger partial charge on any atom is -0.346 e. The van der Waals surface area contributed by atoms with Gasteiger partial charge in [-0.15, -0.1) is 0 Å². The van der Waals surface area contributed by atoms with Crippen LogP contribution in [-0.4, -0.2) is 5.91 Å². The van der Waals surface area contributed by atoms with Crippen molar-refractivity contribution < 1.29 is 4.79 Å². The number of hydrogen-bond acceptors (Lipinski definition) is 1. The number of hydrogen-bond donors (Lipinski definition) is 1. The number of aryl methyl sites for hydroxylation is 1. The maximum Gasteiger partial charge on any atom is 0.244 e. The number of nitrogens with one attached hydrogen (secondary N) is 1. The smallest absolute Gasteiger partial charge is 0.244 e. The molecule has 0 aliphatic carbocycles. The lowest BCUT2D eigenvalue weighted by Gasteiger charge is -2.15. The Kier molecular flexibility index (Phi) is 4.10. The Labute approximate surface area is 91.0 Å². The summed E-state index contributed by atoms with van der Waals surface area (Å²) in [6.07, 6.45) is 3.27. The molecule has 1 atom stereocenters. The Balaban J connectivity index is 2.73. The highest BCUT2D eigenvalue weighted by atomic mass is 16.1. The molecule has 1 rings (SSSR count). The third-order valence-corrected chi connectivity index (χ3v) is 2.33. The second-order valence-corrected chi connectivity index (χ2v) is 3.59. The van der Waals surface area contributed by atoms with Gasteiger partial charge in [-0.2, -0.15) is 0 Å². The second kappa shape index (κ2) is 5.35. The molecule has 0 fully saturated rings. The highest BCUT2D eigenvalue weighted by molar-refractivity contribution is 5.87. The van der Waals surface area contributed by atoms with Crippen LogP contribution in [0.15, 0.2) is 36.4 Å². The fraction of sp³-hybridized carbons (Fsp3) is 0.308. The van der Waals surface area contributed by atoms with Gasteiger partial charge < -0.3 is 5.32 Å². The maximum absolute atomic E-state index is 11.3. The van der Waals surface area contributed by atoms with Crippen molar-refractivity contribution in [1.82, 2.24) is 5.32 Å². The lowest BCUT2D eigenvalue weighted by Crippen LogP contribution is -2.25. The quantitative estimate of drug-likeness (QED) is 0.752. The van der Waals surface area contributed by atoms with Crippen molar-refractivity contribution in [2.24, 2.45) is 0 Å². The Bertz CT molecular complexity index is 369. The molecule has 0 radical (unpaired) electrons. The molecule has 2 heteroatoms. The molecule has 0 bridgehead atoms. The summed E-state index contributed by atoms with van der Waals surface area (Å²) in [4.78, 5) is 11.3. The predicted molar refractivity (Wildman–Crippen MR) is 62.6 cm³/mol. The largest absolute Gasteiger partial charge is 0.346 e. The van der Waals surface area contributed by atoms with Crippen LogP contribution in [0.5, 0.6) is 0 Å². The normalized spacial score (nSPS) is 12.7. The number of benzene rings is 1. The van der Waals surface area contributed by atoms with Crippen LogP contribution in [0.4, 0.5) is 0 Å². The van der Waals surface area contributed by atoms with E-state index in [2.05, 4.69) is 5.32 Å². The molecule has 0 heterocycles. The predicted octanol–water partition coefficient (Wildman–Crippen LogP) is 2.75. The van der Waals surface area contributed by atoms with E-state index in [4.69, 9.17) is 0 Å². The van der Waals surface area contributed by atoms with Gasteiger partial charge in [-0.25, -0.2) is 0 Å². The summed E-state index contributed by atoms with van der Waals surface area (Å²) in [5, 5.41) is 2.91. The first-order valence-electron chi connectivity index (χ1n) is 5.14. The molecule has 1 aromatic rings. The van der Waals surface area contributed by atoms with Crippen LogP contribution >= 0.6 is 0 Å². The van der Waals surface area contributed by atoms with E-state index in [1.807, 2.05) is 45.0 Å². The monoisotopic (exact) mass is 203 g/mol. The van der Waals surface area contributed by atoms with Crippen molar-refractivity contribution in [3.05, 3.63) is 47.5 Å². The molecular formula is C13H17NO. The van der Waals surface area contributed by atoms with Gasteiger partial charge >= 0.3 is 0 Å². The SMILES string of the molecule is C/C=C/C(=O)N[C@H](C)c1ccccc1C. The zero-order valence-electron chi connectivity index (χ0n) is 9.45. The molecule has 0 aromatic heterocycles. The first-order valence-corrected chi connectivity index (χ1v) is 5.14. The fourth-order valence-corrected chi connectivity index (χ4v) is 1.56. The third-order valence-electron chi connectivity index (χ3n) is 2.33. The molecule has 1 amide bonds. The van der Waals surface area contributed by atoms with Crippen molar-refractivity contribution in [2.75, 3.05) is 0 Å². The summed E-state index contributed by atoms with van der Waals surface area (Å²) in [6.45, 7) is 5.87. The van der Waals surface area contributed by atoms with Gasteiger partial charge in [-0.05, 0) is 38.0 Å². The zero-order valence-corrected chi connectivity index (χ0v) is 9.45. The van der Waals surface area contributed by atoms with E-state index in [0.29, 0.717) is 0 Å². The van der Waals surface area contributed by atoms with Crippen molar-refractivity contribution in [1.29, 1.82) is 0 Å². The van der Waals surface area contributed by atoms with Crippen LogP contribution in [0.3, 0.4) is 0 Å². The summed E-state index contributed by atoms with van der Waals surface area (Å²) in [6, 6.07) is 8.12. The van der Waals surface area contributed by atoms with Gasteiger partial charge in [-0.3, -0.25) is 4.79 Å². The average molecular weight is 203 g/mol. The van der Waals surface area contributed by atoms with Crippen LogP contribution in [0, 0.1) is 6.92 Å². The number of carbonyl (C=O) groups excluding carboxylic acids is 1. The van der Waals surface area contributed by atoms with Crippen LogP contribution < -0.4 is 5.32 Å². The minimum absolute atomic E-state index is 0.0479. The first kappa shape index (κ1) is 11.5. The van der Waals surface area contributed by atoms with Crippen LogP contribution in [0.2, 0.25) is 0 Å². The van der Waals surface area contributed by atoms with Crippen molar-refractivity contribution >= 4 is 5.91 Å². The zero-order chi connectivity index (χ0) is 11.3. The molecule has 0 saturated heterocycles. The van der Waals surface area contributed by atoms with Crippen LogP contribution in [0.25, 0.3) is 0 Å². The highest BCUT2D eigenvalue weighted by Crippen LogP contribution is 2.16. The van der Waals surface area contributed by atoms with E-state index in [-0.39, 0.29) is 11.9 Å². The maximum atomic E-state index is 11.3. The Morgan fingerprint density at radius 2 is 2.07 bits per heavy atom. The summed E-state index contributed by atoms with van der Waals surface area (Å²) >= 11 is 0. The van der Waals surface area contributed by atoms with Gasteiger partial charge in [0.05, 0.1) is 6.04 Å². The number of amides is 1. The molecule has 2 nitrogen and oxygen atoms in total. The standard InChI is InChI=1S/C13H17NO/c1-4-7-13(15)14-11(3)12-9-6-5-8-10(12)2/h4-9,11H,1-3H3,(H,14,15)/b7-4+/t11-/m1/s1. The van der Waals surface area contributed by atoms with Gasteiger partial charge in [0.1, 0.15) is 0 Å². The minimum atomic E-state index is -0.0479. The lowest BCUT2D eigenvalue weighted by molar-refractivity contribution is -0.117. The Morgan fingerprint density at radius 3 is 2.67 bits per heavy atom. The summed E-state index contributed by atoms with van der Waals surface area (Å²) in [5.74, 6) is -0.0479. The Morgan fingerprint density at radius 1 is 1.40 bits per heavy atom. The fourth-order valence-electron chi connectivity index (χ4n) is 1.56. The topological polar surface area (TPSA) is 29.1 Å². The summed E-state index contributed by atoms with van der Waals surface area (Å²) < 4.78 is 0. The molecule has 0 aliphatic heterocycles. The number of carbonyl (C=O) groups is 1. The molecule has 15 heavy (non-hydrogen) atoms. The average Bonchev–Trinajstić information content (AvgIpc) is 2.18. The van der Waals surface area contributed by atoms with E-state index >= 15 is 0 Å². The van der Waals surface area contributed by atoms with Gasteiger partial charge in [0.2, 0.25) is 5.91 Å². The van der Waals surface area contributed by atoms with Gasteiger partial charge in [0, 0.05) is 0 Å².